The van der Waals surface area contributed by atoms with Gasteiger partial charge in [0, 0.05) is 32.7 Å². The van der Waals surface area contributed by atoms with Crippen LogP contribution in [0.3, 0.4) is 0 Å². The van der Waals surface area contributed by atoms with Gasteiger partial charge in [-0.15, -0.1) is 0 Å². The zero-order valence-electron chi connectivity index (χ0n) is 16.9. The van der Waals surface area contributed by atoms with Crippen molar-refractivity contribution in [2.24, 2.45) is 0 Å². The molecule has 4 rings (SSSR count). The third-order valence-electron chi connectivity index (χ3n) is 5.19. The molecule has 0 aliphatic carbocycles. The molecule has 1 saturated heterocycles. The average Bonchev–Trinajstić information content (AvgIpc) is 3.22. The number of hydrogen-bond donors (Lipinski definition) is 1. The Morgan fingerprint density at radius 1 is 1.13 bits per heavy atom. The minimum Gasteiger partial charge on any atom is -0.454 e. The Balaban J connectivity index is 1.36. The maximum atomic E-state index is 13.0. The fourth-order valence-corrected chi connectivity index (χ4v) is 5.41. The zero-order chi connectivity index (χ0) is 21.3. The number of amides is 2. The number of carbonyl (C=O) groups excluding carboxylic acids is 1. The van der Waals surface area contributed by atoms with E-state index in [1.54, 1.807) is 18.7 Å². The van der Waals surface area contributed by atoms with Crippen LogP contribution >= 0.6 is 0 Å². The molecular weight excluding hydrogens is 412 g/mol. The molecule has 2 amide bonds. The number of benzene rings is 1. The van der Waals surface area contributed by atoms with E-state index in [4.69, 9.17) is 14.0 Å². The lowest BCUT2D eigenvalue weighted by Crippen LogP contribution is -2.42. The van der Waals surface area contributed by atoms with Crippen molar-refractivity contribution in [3.8, 4) is 11.5 Å². The van der Waals surface area contributed by atoms with Gasteiger partial charge in [-0.3, -0.25) is 0 Å². The van der Waals surface area contributed by atoms with E-state index < -0.39 is 10.0 Å². The van der Waals surface area contributed by atoms with E-state index >= 15 is 0 Å². The number of aryl methyl sites for hydroxylation is 2. The first-order valence-corrected chi connectivity index (χ1v) is 11.1. The summed E-state index contributed by atoms with van der Waals surface area (Å²) in [5.41, 5.74) is 1.24. The van der Waals surface area contributed by atoms with Crippen molar-refractivity contribution < 1.29 is 27.2 Å². The van der Waals surface area contributed by atoms with Crippen LogP contribution in [0.2, 0.25) is 0 Å². The number of nitrogens with one attached hydrogen (secondary N) is 1. The highest BCUT2D eigenvalue weighted by Crippen LogP contribution is 2.32. The molecule has 11 heteroatoms. The summed E-state index contributed by atoms with van der Waals surface area (Å²) in [4.78, 5) is 14.4. The Labute approximate surface area is 174 Å². The van der Waals surface area contributed by atoms with Crippen LogP contribution in [-0.2, 0) is 16.6 Å². The van der Waals surface area contributed by atoms with Crippen molar-refractivity contribution in [1.82, 2.24) is 19.7 Å². The highest BCUT2D eigenvalue weighted by Gasteiger charge is 2.32. The molecule has 0 saturated carbocycles. The maximum Gasteiger partial charge on any atom is 0.317 e. The van der Waals surface area contributed by atoms with Crippen molar-refractivity contribution in [3.63, 3.8) is 0 Å². The standard InChI is InChI=1S/C19H24N4O6S/c1-13-18(14(2)29-21-13)30(25,26)23-7-3-6-22(8-9-23)19(24)20-11-15-4-5-16-17(10-15)28-12-27-16/h4-5,10H,3,6-9,11-12H2,1-2H3,(H,20,24). The van der Waals surface area contributed by atoms with Gasteiger partial charge in [0.2, 0.25) is 16.8 Å². The quantitative estimate of drug-likeness (QED) is 0.775. The molecule has 2 aromatic rings. The molecule has 0 bridgehead atoms. The number of ether oxygens (including phenoxy) is 2. The number of aromatic nitrogens is 1. The van der Waals surface area contributed by atoms with E-state index in [1.807, 2.05) is 18.2 Å². The first-order chi connectivity index (χ1) is 14.4. The van der Waals surface area contributed by atoms with Gasteiger partial charge in [-0.1, -0.05) is 11.2 Å². The van der Waals surface area contributed by atoms with Crippen molar-refractivity contribution in [2.75, 3.05) is 33.0 Å². The van der Waals surface area contributed by atoms with Gasteiger partial charge in [0.15, 0.2) is 17.3 Å². The summed E-state index contributed by atoms with van der Waals surface area (Å²) in [6, 6.07) is 5.29. The first-order valence-electron chi connectivity index (χ1n) is 9.70. The lowest BCUT2D eigenvalue weighted by atomic mass is 10.2. The normalized spacial score (nSPS) is 17.1. The van der Waals surface area contributed by atoms with Gasteiger partial charge in [0.25, 0.3) is 0 Å². The van der Waals surface area contributed by atoms with Crippen LogP contribution < -0.4 is 14.8 Å². The highest BCUT2D eigenvalue weighted by molar-refractivity contribution is 7.89. The minimum atomic E-state index is -3.72. The third kappa shape index (κ3) is 3.94. The summed E-state index contributed by atoms with van der Waals surface area (Å²) in [5.74, 6) is 1.63. The van der Waals surface area contributed by atoms with Gasteiger partial charge in [0.1, 0.15) is 10.6 Å². The molecule has 2 aliphatic rings. The number of sulfonamides is 1. The van der Waals surface area contributed by atoms with Gasteiger partial charge in [-0.05, 0) is 38.0 Å². The molecule has 2 aliphatic heterocycles. The van der Waals surface area contributed by atoms with Crippen LogP contribution in [0.1, 0.15) is 23.4 Å². The van der Waals surface area contributed by atoms with E-state index in [1.165, 1.54) is 4.31 Å². The Bertz CT molecular complexity index is 1030. The molecule has 0 spiro atoms. The van der Waals surface area contributed by atoms with Crippen LogP contribution in [0.4, 0.5) is 4.79 Å². The van der Waals surface area contributed by atoms with Crippen LogP contribution in [0.5, 0.6) is 11.5 Å². The van der Waals surface area contributed by atoms with Gasteiger partial charge < -0.3 is 24.2 Å². The average molecular weight is 436 g/mol. The van der Waals surface area contributed by atoms with Crippen molar-refractivity contribution in [3.05, 3.63) is 35.2 Å². The van der Waals surface area contributed by atoms with Gasteiger partial charge in [0.05, 0.1) is 0 Å². The highest BCUT2D eigenvalue weighted by atomic mass is 32.2. The van der Waals surface area contributed by atoms with E-state index in [0.29, 0.717) is 49.8 Å². The second-order valence-corrected chi connectivity index (χ2v) is 9.12. The van der Waals surface area contributed by atoms with Crippen molar-refractivity contribution >= 4 is 16.1 Å². The maximum absolute atomic E-state index is 13.0. The number of carbonyl (C=O) groups is 1. The van der Waals surface area contributed by atoms with Crippen LogP contribution in [0.25, 0.3) is 0 Å². The molecule has 30 heavy (non-hydrogen) atoms. The minimum absolute atomic E-state index is 0.114. The van der Waals surface area contributed by atoms with E-state index in [-0.39, 0.29) is 30.0 Å². The SMILES string of the molecule is Cc1noc(C)c1S(=O)(=O)N1CCCN(C(=O)NCc2ccc3c(c2)OCO3)CC1. The molecule has 1 N–H and O–H groups in total. The summed E-state index contributed by atoms with van der Waals surface area (Å²) in [6.45, 7) is 5.05. The van der Waals surface area contributed by atoms with Gasteiger partial charge >= 0.3 is 6.03 Å². The molecule has 162 valence electrons. The Morgan fingerprint density at radius 2 is 1.93 bits per heavy atom. The predicted octanol–water partition coefficient (Wildman–Crippen LogP) is 1.63. The van der Waals surface area contributed by atoms with E-state index in [9.17, 15) is 13.2 Å². The lowest BCUT2D eigenvalue weighted by molar-refractivity contribution is 0.174. The van der Waals surface area contributed by atoms with Crippen LogP contribution in [0, 0.1) is 13.8 Å². The summed E-state index contributed by atoms with van der Waals surface area (Å²) >= 11 is 0. The molecule has 0 atom stereocenters. The molecule has 10 nitrogen and oxygen atoms in total. The number of hydrogen-bond acceptors (Lipinski definition) is 7. The summed E-state index contributed by atoms with van der Waals surface area (Å²) in [5, 5.41) is 6.63. The molecule has 1 aromatic carbocycles. The van der Waals surface area contributed by atoms with Crippen molar-refractivity contribution in [2.45, 2.75) is 31.7 Å². The smallest absolute Gasteiger partial charge is 0.317 e. The van der Waals surface area contributed by atoms with E-state index in [2.05, 4.69) is 10.5 Å². The molecule has 0 radical (unpaired) electrons. The second kappa shape index (κ2) is 8.15. The number of nitrogens with zero attached hydrogens (tertiary/aromatic N) is 3. The first kappa shape index (κ1) is 20.5. The van der Waals surface area contributed by atoms with Crippen LogP contribution in [-0.4, -0.2) is 61.8 Å². The summed E-state index contributed by atoms with van der Waals surface area (Å²) in [7, 11) is -3.72. The van der Waals surface area contributed by atoms with Gasteiger partial charge in [-0.25, -0.2) is 13.2 Å². The Hall–Kier alpha value is -2.79. The molecule has 3 heterocycles. The molecule has 1 aromatic heterocycles. The number of rotatable bonds is 4. The van der Waals surface area contributed by atoms with E-state index in [0.717, 1.165) is 5.56 Å². The number of urea groups is 1. The molecular formula is C19H24N4O6S. The fourth-order valence-electron chi connectivity index (χ4n) is 3.65. The second-order valence-electron chi connectivity index (χ2n) is 7.24. The monoisotopic (exact) mass is 436 g/mol. The summed E-state index contributed by atoms with van der Waals surface area (Å²) < 4.78 is 43.1. The summed E-state index contributed by atoms with van der Waals surface area (Å²) in [6.07, 6.45) is 0.542. The molecule has 1 fully saturated rings. The Kier molecular flexibility index (Phi) is 5.56. The fraction of sp³-hybridized carbons (Fsp3) is 0.474. The van der Waals surface area contributed by atoms with Crippen LogP contribution in [0.15, 0.2) is 27.6 Å². The van der Waals surface area contributed by atoms with Gasteiger partial charge in [-0.2, -0.15) is 4.31 Å². The Morgan fingerprint density at radius 3 is 2.70 bits per heavy atom. The topological polar surface area (TPSA) is 114 Å². The predicted molar refractivity (Wildman–Crippen MR) is 106 cm³/mol. The largest absolute Gasteiger partial charge is 0.454 e. The zero-order valence-corrected chi connectivity index (χ0v) is 17.7. The van der Waals surface area contributed by atoms with Crippen molar-refractivity contribution in [1.29, 1.82) is 0 Å². The third-order valence-corrected chi connectivity index (χ3v) is 7.33. The molecule has 0 unspecified atom stereocenters. The lowest BCUT2D eigenvalue weighted by Gasteiger charge is -2.22. The number of fused-ring (bicyclic) bond motifs is 1.